The smallest absolute Gasteiger partial charge is 0.341 e. The van der Waals surface area contributed by atoms with Crippen LogP contribution in [0.3, 0.4) is 0 Å². The van der Waals surface area contributed by atoms with Crippen molar-refractivity contribution >= 4 is 28.9 Å². The van der Waals surface area contributed by atoms with Gasteiger partial charge in [-0.3, -0.25) is 14.9 Å². The summed E-state index contributed by atoms with van der Waals surface area (Å²) in [6.45, 7) is 7.06. The predicted octanol–water partition coefficient (Wildman–Crippen LogP) is 3.34. The molecule has 1 aliphatic heterocycles. The number of morpholine rings is 1. The van der Waals surface area contributed by atoms with Gasteiger partial charge in [0, 0.05) is 25.2 Å². The van der Waals surface area contributed by atoms with Gasteiger partial charge in [-0.1, -0.05) is 17.7 Å². The molecular weight excluding hydrogens is 466 g/mol. The van der Waals surface area contributed by atoms with Crippen LogP contribution in [0, 0.1) is 30.9 Å². The molecule has 1 amide bonds. The maximum atomic E-state index is 12.9. The molecule has 1 aliphatic rings. The molecule has 0 unspecified atom stereocenters. The maximum Gasteiger partial charge on any atom is 0.341 e. The van der Waals surface area contributed by atoms with Crippen LogP contribution in [-0.2, 0) is 14.3 Å². The van der Waals surface area contributed by atoms with Crippen molar-refractivity contribution in [1.29, 1.82) is 0 Å². The number of ether oxygens (including phenoxy) is 2. The van der Waals surface area contributed by atoms with Gasteiger partial charge in [-0.25, -0.2) is 9.48 Å². The van der Waals surface area contributed by atoms with E-state index in [1.54, 1.807) is 11.6 Å². The zero-order chi connectivity index (χ0) is 25.8. The van der Waals surface area contributed by atoms with Gasteiger partial charge in [0.15, 0.2) is 6.61 Å². The van der Waals surface area contributed by atoms with E-state index < -0.39 is 23.4 Å². The Kier molecular flexibility index (Phi) is 7.30. The normalized spacial score (nSPS) is 13.4. The molecule has 0 aliphatic carbocycles. The maximum absolute atomic E-state index is 12.9. The molecule has 2 heterocycles. The quantitative estimate of drug-likeness (QED) is 0.301. The fourth-order valence-corrected chi connectivity index (χ4v) is 4.03. The number of amides is 1. The molecule has 0 radical (unpaired) electrons. The average Bonchev–Trinajstić information content (AvgIpc) is 3.16. The Morgan fingerprint density at radius 2 is 1.81 bits per heavy atom. The molecule has 0 bridgehead atoms. The lowest BCUT2D eigenvalue weighted by Crippen LogP contribution is -2.37. The van der Waals surface area contributed by atoms with Crippen LogP contribution in [0.1, 0.15) is 27.3 Å². The van der Waals surface area contributed by atoms with Gasteiger partial charge in [-0.15, -0.1) is 0 Å². The summed E-state index contributed by atoms with van der Waals surface area (Å²) in [4.78, 5) is 38.1. The van der Waals surface area contributed by atoms with Crippen molar-refractivity contribution in [3.05, 3.63) is 75.1 Å². The Morgan fingerprint density at radius 1 is 1.11 bits per heavy atom. The van der Waals surface area contributed by atoms with Crippen molar-refractivity contribution in [2.45, 2.75) is 20.8 Å². The van der Waals surface area contributed by atoms with Gasteiger partial charge >= 0.3 is 5.97 Å². The molecule has 1 N–H and O–H groups in total. The minimum atomic E-state index is -0.820. The second-order valence-electron chi connectivity index (χ2n) is 8.48. The number of nitro groups is 1. The van der Waals surface area contributed by atoms with Crippen molar-refractivity contribution in [1.82, 2.24) is 9.78 Å². The number of benzene rings is 2. The van der Waals surface area contributed by atoms with Crippen LogP contribution in [0.2, 0.25) is 0 Å². The highest BCUT2D eigenvalue weighted by Gasteiger charge is 2.24. The Labute approximate surface area is 207 Å². The van der Waals surface area contributed by atoms with Gasteiger partial charge in [0.25, 0.3) is 11.6 Å². The van der Waals surface area contributed by atoms with E-state index in [0.717, 1.165) is 16.9 Å². The second kappa shape index (κ2) is 10.6. The third kappa shape index (κ3) is 5.36. The Hall–Kier alpha value is -4.25. The highest BCUT2D eigenvalue weighted by atomic mass is 16.6. The number of hydrogen-bond acceptors (Lipinski definition) is 8. The van der Waals surface area contributed by atoms with Crippen molar-refractivity contribution in [3.63, 3.8) is 0 Å². The lowest BCUT2D eigenvalue weighted by molar-refractivity contribution is -0.384. The van der Waals surface area contributed by atoms with Crippen LogP contribution in [-0.4, -0.2) is 59.5 Å². The number of esters is 1. The number of hydrogen-bond donors (Lipinski definition) is 1. The number of nitrogens with zero attached hydrogens (tertiary/aromatic N) is 4. The molecule has 1 aromatic heterocycles. The summed E-state index contributed by atoms with van der Waals surface area (Å²) < 4.78 is 12.3. The summed E-state index contributed by atoms with van der Waals surface area (Å²) >= 11 is 0. The second-order valence-corrected chi connectivity index (χ2v) is 8.48. The van der Waals surface area contributed by atoms with Crippen LogP contribution in [0.15, 0.2) is 42.5 Å². The van der Waals surface area contributed by atoms with E-state index in [4.69, 9.17) is 9.47 Å². The van der Waals surface area contributed by atoms with E-state index in [9.17, 15) is 19.7 Å². The molecule has 0 saturated carbocycles. The van der Waals surface area contributed by atoms with Crippen LogP contribution in [0.5, 0.6) is 0 Å². The fraction of sp³-hybridized carbons (Fsp3) is 0.320. The molecule has 1 saturated heterocycles. The highest BCUT2D eigenvalue weighted by molar-refractivity contribution is 5.99. The molecule has 4 rings (SSSR count). The third-order valence-corrected chi connectivity index (χ3v) is 5.93. The number of aromatic nitrogens is 2. The zero-order valence-corrected chi connectivity index (χ0v) is 20.3. The largest absolute Gasteiger partial charge is 0.452 e. The van der Waals surface area contributed by atoms with Gasteiger partial charge in [0.1, 0.15) is 0 Å². The van der Waals surface area contributed by atoms with Crippen LogP contribution < -0.4 is 10.2 Å². The average molecular weight is 494 g/mol. The van der Waals surface area contributed by atoms with Gasteiger partial charge in [-0.05, 0) is 39.0 Å². The first kappa shape index (κ1) is 24.9. The predicted molar refractivity (Wildman–Crippen MR) is 133 cm³/mol. The number of nitro benzene ring substituents is 1. The number of non-ortho nitro benzene ring substituents is 1. The number of carbonyl (C=O) groups is 2. The first-order chi connectivity index (χ1) is 17.2. The summed E-state index contributed by atoms with van der Waals surface area (Å²) in [6, 6.07) is 11.9. The number of rotatable bonds is 7. The van der Waals surface area contributed by atoms with E-state index in [1.807, 2.05) is 43.0 Å². The SMILES string of the molecule is Cc1ccc(-n2nc(C)c(NC(=O)COC(=O)c3cc([N+](=O)[O-])ccc3N3CCOCC3)c2C)cc1. The monoisotopic (exact) mass is 493 g/mol. The molecule has 0 atom stereocenters. The van der Waals surface area contributed by atoms with Gasteiger partial charge in [-0.2, -0.15) is 5.10 Å². The van der Waals surface area contributed by atoms with Crippen molar-refractivity contribution < 1.29 is 24.0 Å². The van der Waals surface area contributed by atoms with Crippen molar-refractivity contribution in [2.75, 3.05) is 43.1 Å². The number of anilines is 2. The van der Waals surface area contributed by atoms with Gasteiger partial charge in [0.2, 0.25) is 0 Å². The molecule has 188 valence electrons. The fourth-order valence-electron chi connectivity index (χ4n) is 4.03. The Morgan fingerprint density at radius 3 is 2.47 bits per heavy atom. The molecule has 1 fully saturated rings. The first-order valence-corrected chi connectivity index (χ1v) is 11.5. The highest BCUT2D eigenvalue weighted by Crippen LogP contribution is 2.27. The topological polar surface area (TPSA) is 129 Å². The van der Waals surface area contributed by atoms with Gasteiger partial charge in [0.05, 0.1) is 52.2 Å². The molecule has 0 spiro atoms. The molecule has 11 nitrogen and oxygen atoms in total. The molecule has 3 aromatic rings. The minimum absolute atomic E-state index is 0.0263. The van der Waals surface area contributed by atoms with E-state index in [0.29, 0.717) is 43.4 Å². The molecule has 11 heteroatoms. The minimum Gasteiger partial charge on any atom is -0.452 e. The van der Waals surface area contributed by atoms with E-state index in [-0.39, 0.29) is 11.3 Å². The van der Waals surface area contributed by atoms with Crippen LogP contribution >= 0.6 is 0 Å². The van der Waals surface area contributed by atoms with Crippen LogP contribution in [0.4, 0.5) is 17.1 Å². The number of aryl methyl sites for hydroxylation is 2. The summed E-state index contributed by atoms with van der Waals surface area (Å²) in [7, 11) is 0. The summed E-state index contributed by atoms with van der Waals surface area (Å²) in [5.74, 6) is -1.37. The summed E-state index contributed by atoms with van der Waals surface area (Å²) in [6.07, 6.45) is 0. The van der Waals surface area contributed by atoms with Crippen molar-refractivity contribution in [2.24, 2.45) is 0 Å². The molecule has 2 aromatic carbocycles. The standard InChI is InChI=1S/C25H27N5O6/c1-16-4-6-19(7-5-16)29-18(3)24(17(2)27-29)26-23(31)15-36-25(32)21-14-20(30(33)34)8-9-22(21)28-10-12-35-13-11-28/h4-9,14H,10-13,15H2,1-3H3,(H,26,31). The summed E-state index contributed by atoms with van der Waals surface area (Å²) in [5.41, 5.74) is 4.13. The van der Waals surface area contributed by atoms with E-state index >= 15 is 0 Å². The summed E-state index contributed by atoms with van der Waals surface area (Å²) in [5, 5.41) is 18.5. The number of carbonyl (C=O) groups excluding carboxylic acids is 2. The Balaban J connectivity index is 1.47. The van der Waals surface area contributed by atoms with E-state index in [1.165, 1.54) is 18.2 Å². The Bertz CT molecular complexity index is 1300. The molecule has 36 heavy (non-hydrogen) atoms. The molecular formula is C25H27N5O6. The first-order valence-electron chi connectivity index (χ1n) is 11.5. The number of nitrogens with one attached hydrogen (secondary N) is 1. The zero-order valence-electron chi connectivity index (χ0n) is 20.3. The third-order valence-electron chi connectivity index (χ3n) is 5.93. The van der Waals surface area contributed by atoms with Crippen molar-refractivity contribution in [3.8, 4) is 5.69 Å². The van der Waals surface area contributed by atoms with Crippen LogP contribution in [0.25, 0.3) is 5.69 Å². The van der Waals surface area contributed by atoms with Gasteiger partial charge < -0.3 is 19.7 Å². The lowest BCUT2D eigenvalue weighted by atomic mass is 10.1. The van der Waals surface area contributed by atoms with E-state index in [2.05, 4.69) is 10.4 Å². The lowest BCUT2D eigenvalue weighted by Gasteiger charge is -2.30.